The lowest BCUT2D eigenvalue weighted by molar-refractivity contribution is 0.1000. The van der Waals surface area contributed by atoms with Crippen molar-refractivity contribution in [1.82, 2.24) is 4.72 Å². The van der Waals surface area contributed by atoms with Crippen LogP contribution in [0.5, 0.6) is 0 Å². The van der Waals surface area contributed by atoms with Gasteiger partial charge in [0.05, 0.1) is 4.90 Å². The molecule has 1 aromatic carbocycles. The van der Waals surface area contributed by atoms with Gasteiger partial charge in [-0.2, -0.15) is 0 Å². The zero-order valence-corrected chi connectivity index (χ0v) is 9.90. The standard InChI is InChI=1S/C10H14N2O4S/c11-10(14)8-2-4-9(5-3-8)17(15,16)12-6-1-7-13/h2-5,12-13H,1,6-7H2,(H2,11,14). The van der Waals surface area contributed by atoms with Gasteiger partial charge in [0.15, 0.2) is 0 Å². The lowest BCUT2D eigenvalue weighted by Crippen LogP contribution is -2.25. The fourth-order valence-electron chi connectivity index (χ4n) is 1.17. The van der Waals surface area contributed by atoms with Gasteiger partial charge in [0, 0.05) is 18.7 Å². The van der Waals surface area contributed by atoms with E-state index in [-0.39, 0.29) is 23.6 Å². The third-order valence-corrected chi connectivity index (χ3v) is 3.55. The van der Waals surface area contributed by atoms with Gasteiger partial charge in [0.1, 0.15) is 0 Å². The maximum absolute atomic E-state index is 11.7. The van der Waals surface area contributed by atoms with Crippen LogP contribution in [0.15, 0.2) is 29.2 Å². The monoisotopic (exact) mass is 258 g/mol. The second kappa shape index (κ2) is 5.76. The largest absolute Gasteiger partial charge is 0.396 e. The minimum absolute atomic E-state index is 0.0560. The summed E-state index contributed by atoms with van der Waals surface area (Å²) in [5.74, 6) is -0.609. The van der Waals surface area contributed by atoms with Crippen molar-refractivity contribution >= 4 is 15.9 Å². The molecule has 0 aliphatic heterocycles. The Kier molecular flexibility index (Phi) is 4.62. The van der Waals surface area contributed by atoms with Gasteiger partial charge in [-0.05, 0) is 30.7 Å². The highest BCUT2D eigenvalue weighted by molar-refractivity contribution is 7.89. The molecular formula is C10H14N2O4S. The van der Waals surface area contributed by atoms with Crippen molar-refractivity contribution < 1.29 is 18.3 Å². The predicted molar refractivity (Wildman–Crippen MR) is 61.9 cm³/mol. The first kappa shape index (κ1) is 13.6. The molecule has 0 fully saturated rings. The number of carbonyl (C=O) groups is 1. The van der Waals surface area contributed by atoms with Crippen molar-refractivity contribution in [3.8, 4) is 0 Å². The van der Waals surface area contributed by atoms with E-state index >= 15 is 0 Å². The highest BCUT2D eigenvalue weighted by atomic mass is 32.2. The lowest BCUT2D eigenvalue weighted by atomic mass is 10.2. The number of sulfonamides is 1. The summed E-state index contributed by atoms with van der Waals surface area (Å²) in [6.07, 6.45) is 0.346. The quantitative estimate of drug-likeness (QED) is 0.594. The number of carbonyl (C=O) groups excluding carboxylic acids is 1. The van der Waals surface area contributed by atoms with Gasteiger partial charge >= 0.3 is 0 Å². The van der Waals surface area contributed by atoms with Crippen LogP contribution >= 0.6 is 0 Å². The Morgan fingerprint density at radius 2 is 1.88 bits per heavy atom. The lowest BCUT2D eigenvalue weighted by Gasteiger charge is -2.06. The van der Waals surface area contributed by atoms with Crippen LogP contribution < -0.4 is 10.5 Å². The van der Waals surface area contributed by atoms with Crippen LogP contribution in [0.2, 0.25) is 0 Å². The molecule has 6 nitrogen and oxygen atoms in total. The molecule has 0 aliphatic rings. The molecule has 0 radical (unpaired) electrons. The smallest absolute Gasteiger partial charge is 0.248 e. The molecule has 0 bridgehead atoms. The Balaban J connectivity index is 2.81. The maximum Gasteiger partial charge on any atom is 0.248 e. The normalized spacial score (nSPS) is 11.4. The summed E-state index contributed by atoms with van der Waals surface area (Å²) in [6.45, 7) is 0.0829. The third kappa shape index (κ3) is 3.81. The first-order chi connectivity index (χ1) is 7.97. The van der Waals surface area contributed by atoms with Crippen molar-refractivity contribution in [2.24, 2.45) is 5.73 Å². The fourth-order valence-corrected chi connectivity index (χ4v) is 2.24. The predicted octanol–water partition coefficient (Wildman–Crippen LogP) is -0.554. The number of aliphatic hydroxyl groups is 1. The summed E-state index contributed by atoms with van der Waals surface area (Å²) >= 11 is 0. The van der Waals surface area contributed by atoms with Crippen LogP contribution in [0.4, 0.5) is 0 Å². The Morgan fingerprint density at radius 1 is 1.29 bits per heavy atom. The third-order valence-electron chi connectivity index (χ3n) is 2.08. The van der Waals surface area contributed by atoms with Crippen LogP contribution in [0.3, 0.4) is 0 Å². The van der Waals surface area contributed by atoms with Gasteiger partial charge in [-0.25, -0.2) is 13.1 Å². The summed E-state index contributed by atoms with van der Waals surface area (Å²) in [6, 6.07) is 5.31. The Hall–Kier alpha value is -1.44. The zero-order valence-electron chi connectivity index (χ0n) is 9.09. The Labute approximate surface area is 99.5 Å². The second-order valence-electron chi connectivity index (χ2n) is 3.36. The summed E-state index contributed by atoms with van der Waals surface area (Å²) in [5.41, 5.74) is 5.29. The molecule has 4 N–H and O–H groups in total. The molecule has 1 amide bonds. The highest BCUT2D eigenvalue weighted by Gasteiger charge is 2.13. The molecule has 7 heteroatoms. The molecule has 0 aliphatic carbocycles. The summed E-state index contributed by atoms with van der Waals surface area (Å²) in [7, 11) is -3.59. The first-order valence-corrected chi connectivity index (χ1v) is 6.46. The van der Waals surface area contributed by atoms with Crippen molar-refractivity contribution in [3.05, 3.63) is 29.8 Å². The first-order valence-electron chi connectivity index (χ1n) is 4.98. The van der Waals surface area contributed by atoms with E-state index in [1.54, 1.807) is 0 Å². The molecule has 0 saturated carbocycles. The number of rotatable bonds is 6. The van der Waals surface area contributed by atoms with Gasteiger partial charge in [0.25, 0.3) is 0 Å². The molecule has 0 saturated heterocycles. The van der Waals surface area contributed by atoms with E-state index in [0.29, 0.717) is 6.42 Å². The number of benzene rings is 1. The van der Waals surface area contributed by atoms with E-state index in [4.69, 9.17) is 10.8 Å². The van der Waals surface area contributed by atoms with Crippen LogP contribution in [0, 0.1) is 0 Å². The van der Waals surface area contributed by atoms with Crippen LogP contribution in [-0.4, -0.2) is 32.6 Å². The van der Waals surface area contributed by atoms with Crippen molar-refractivity contribution in [2.75, 3.05) is 13.2 Å². The molecule has 0 unspecified atom stereocenters. The number of nitrogens with two attached hydrogens (primary N) is 1. The second-order valence-corrected chi connectivity index (χ2v) is 5.13. The molecule has 94 valence electrons. The summed E-state index contributed by atoms with van der Waals surface area (Å²) in [4.78, 5) is 10.9. The van der Waals surface area contributed by atoms with Crippen molar-refractivity contribution in [1.29, 1.82) is 0 Å². The fraction of sp³-hybridized carbons (Fsp3) is 0.300. The average Bonchev–Trinajstić information content (AvgIpc) is 2.29. The van der Waals surface area contributed by atoms with Gasteiger partial charge in [-0.1, -0.05) is 0 Å². The minimum atomic E-state index is -3.59. The van der Waals surface area contributed by atoms with E-state index < -0.39 is 15.9 Å². The number of hydrogen-bond donors (Lipinski definition) is 3. The van der Waals surface area contributed by atoms with Crippen LogP contribution in [-0.2, 0) is 10.0 Å². The number of aliphatic hydroxyl groups excluding tert-OH is 1. The highest BCUT2D eigenvalue weighted by Crippen LogP contribution is 2.10. The van der Waals surface area contributed by atoms with E-state index in [1.807, 2.05) is 0 Å². The maximum atomic E-state index is 11.7. The Morgan fingerprint density at radius 3 is 2.35 bits per heavy atom. The molecule has 17 heavy (non-hydrogen) atoms. The molecule has 1 aromatic rings. The van der Waals surface area contributed by atoms with E-state index in [9.17, 15) is 13.2 Å². The number of nitrogens with one attached hydrogen (secondary N) is 1. The van der Waals surface area contributed by atoms with Gasteiger partial charge in [-0.3, -0.25) is 4.79 Å². The Bertz CT molecular complexity index is 482. The van der Waals surface area contributed by atoms with Crippen molar-refractivity contribution in [3.63, 3.8) is 0 Å². The average molecular weight is 258 g/mol. The van der Waals surface area contributed by atoms with Gasteiger partial charge < -0.3 is 10.8 Å². The molecule has 0 aromatic heterocycles. The number of hydrogen-bond acceptors (Lipinski definition) is 4. The van der Waals surface area contributed by atoms with Crippen molar-refractivity contribution in [2.45, 2.75) is 11.3 Å². The molecular weight excluding hydrogens is 244 g/mol. The van der Waals surface area contributed by atoms with Crippen LogP contribution in [0.1, 0.15) is 16.8 Å². The molecule has 0 spiro atoms. The molecule has 1 rings (SSSR count). The number of amides is 1. The minimum Gasteiger partial charge on any atom is -0.396 e. The summed E-state index contributed by atoms with van der Waals surface area (Å²) < 4.78 is 25.7. The van der Waals surface area contributed by atoms with E-state index in [0.717, 1.165) is 0 Å². The topological polar surface area (TPSA) is 109 Å². The zero-order chi connectivity index (χ0) is 12.9. The number of primary amides is 1. The summed E-state index contributed by atoms with van der Waals surface area (Å²) in [5, 5.41) is 8.54. The van der Waals surface area contributed by atoms with Gasteiger partial charge in [-0.15, -0.1) is 0 Å². The molecule has 0 atom stereocenters. The SMILES string of the molecule is NC(=O)c1ccc(S(=O)(=O)NCCCO)cc1. The van der Waals surface area contributed by atoms with Crippen LogP contribution in [0.25, 0.3) is 0 Å². The van der Waals surface area contributed by atoms with E-state index in [1.165, 1.54) is 24.3 Å². The molecule has 0 heterocycles. The van der Waals surface area contributed by atoms with E-state index in [2.05, 4.69) is 4.72 Å². The van der Waals surface area contributed by atoms with Gasteiger partial charge in [0.2, 0.25) is 15.9 Å².